The van der Waals surface area contributed by atoms with Crippen molar-refractivity contribution in [2.45, 2.75) is 110 Å². The molecule has 2 aliphatic heterocycles. The number of benzene rings is 1. The molecular formula is C46H60ClN7O9S. The fraction of sp³-hybridized carbons (Fsp3) is 0.652. The summed E-state index contributed by atoms with van der Waals surface area (Å²) in [5.74, 6) is 0.0436. The molecule has 2 saturated heterocycles. The smallest absolute Gasteiger partial charge is 0.408 e. The van der Waals surface area contributed by atoms with Gasteiger partial charge in [-0.25, -0.2) is 19.6 Å². The maximum Gasteiger partial charge on any atom is 0.408 e. The topological polar surface area (TPSA) is 194 Å². The van der Waals surface area contributed by atoms with Gasteiger partial charge in [-0.3, -0.25) is 14.5 Å². The highest BCUT2D eigenvalue weighted by Gasteiger charge is 2.90. The van der Waals surface area contributed by atoms with Gasteiger partial charge in [0.05, 0.1) is 31.0 Å². The van der Waals surface area contributed by atoms with Crippen LogP contribution in [0.5, 0.6) is 11.5 Å². The van der Waals surface area contributed by atoms with Crippen LogP contribution in [0.25, 0.3) is 22.3 Å². The van der Waals surface area contributed by atoms with Gasteiger partial charge in [-0.2, -0.15) is 0 Å². The maximum absolute atomic E-state index is 14.9. The van der Waals surface area contributed by atoms with Crippen LogP contribution in [0.4, 0.5) is 9.93 Å². The van der Waals surface area contributed by atoms with Crippen molar-refractivity contribution < 1.29 is 43.2 Å². The Kier molecular flexibility index (Phi) is 11.7. The summed E-state index contributed by atoms with van der Waals surface area (Å²) in [5, 5.41) is 22.8. The van der Waals surface area contributed by atoms with Crippen LogP contribution in [0, 0.1) is 34.5 Å². The number of hydrogen-bond acceptors (Lipinski definition) is 13. The third-order valence-corrected chi connectivity index (χ3v) is 15.8. The predicted molar refractivity (Wildman–Crippen MR) is 241 cm³/mol. The molecule has 2 unspecified atom stereocenters. The van der Waals surface area contributed by atoms with E-state index in [1.165, 1.54) is 16.2 Å². The van der Waals surface area contributed by atoms with Crippen LogP contribution in [0.2, 0.25) is 5.02 Å². The summed E-state index contributed by atoms with van der Waals surface area (Å²) in [5.41, 5.74) is -0.392. The second-order valence-electron chi connectivity index (χ2n) is 20.1. The lowest BCUT2D eigenvalue weighted by Gasteiger charge is -2.35. The van der Waals surface area contributed by atoms with Gasteiger partial charge in [-0.1, -0.05) is 52.6 Å². The number of hydrogen-bond donors (Lipinski definition) is 4. The van der Waals surface area contributed by atoms with Crippen LogP contribution < -0.4 is 25.4 Å². The average molecular weight is 923 g/mol. The molecule has 7 fully saturated rings. The lowest BCUT2D eigenvalue weighted by Crippen LogP contribution is -2.59. The molecule has 18 heteroatoms. The van der Waals surface area contributed by atoms with E-state index in [0.717, 1.165) is 24.6 Å². The minimum atomic E-state index is -1.42. The molecule has 4 heterocycles. The summed E-state index contributed by atoms with van der Waals surface area (Å²) in [7, 11) is 0. The number of alkyl carbamates (subject to hydrolysis) is 1. The number of carbonyl (C=O) groups excluding carboxylic acids is 3. The molecule has 10 rings (SSSR count). The Morgan fingerprint density at radius 1 is 1.08 bits per heavy atom. The average Bonchev–Trinajstić information content (AvgIpc) is 3.95. The normalized spacial score (nSPS) is 30.7. The molecule has 3 aromatic rings. The molecule has 64 heavy (non-hydrogen) atoms. The number of aliphatic carboxylic acids is 1. The van der Waals surface area contributed by atoms with Gasteiger partial charge in [0.15, 0.2) is 5.13 Å². The Balaban J connectivity index is 1.01. The van der Waals surface area contributed by atoms with Crippen molar-refractivity contribution in [1.29, 1.82) is 0 Å². The minimum Gasteiger partial charge on any atom is -0.491 e. The third-order valence-electron chi connectivity index (χ3n) is 14.6. The van der Waals surface area contributed by atoms with Gasteiger partial charge in [0.25, 0.3) is 0 Å². The second-order valence-corrected chi connectivity index (χ2v) is 21.4. The standard InChI is InChI=1S/C46H60ClN7O9S/c1-8-24-20-46(24,41(57)58)52-39(55)30-17-25(21-54(30)40(56)38(44(4,5)6)51-43(59)63-33-18-27-34-35(33)45(27,34)7)62-32-19-28(29-22-64-42(50-29)48-23(2)3)49-37-26(32)9-10-31(36(37)47)61-16-13-53-11-14-60-15-12-53/h9-10,19,22-25,27,30,33-35,38H,8,11-18,20-21H2,1-7H3,(H,48,50)(H,51,59)(H,52,55)(H,57,58)/t24?,25-,27+,30+,33-,34+,35?,38-,45+,46-/m1/s1. The summed E-state index contributed by atoms with van der Waals surface area (Å²) in [6.07, 6.45) is 0.169. The van der Waals surface area contributed by atoms with Crippen molar-refractivity contribution in [2.24, 2.45) is 34.5 Å². The summed E-state index contributed by atoms with van der Waals surface area (Å²) in [6.45, 7) is 17.8. The number of carboxylic acids is 1. The van der Waals surface area contributed by atoms with Crippen LogP contribution in [-0.4, -0.2) is 131 Å². The summed E-state index contributed by atoms with van der Waals surface area (Å²) in [4.78, 5) is 68.8. The number of thiazole rings is 1. The molecule has 16 nitrogen and oxygen atoms in total. The Labute approximate surface area is 382 Å². The first-order chi connectivity index (χ1) is 30.4. The highest BCUT2D eigenvalue weighted by molar-refractivity contribution is 7.14. The van der Waals surface area contributed by atoms with E-state index >= 15 is 0 Å². The molecule has 5 saturated carbocycles. The number of morpholine rings is 1. The number of amides is 3. The van der Waals surface area contributed by atoms with E-state index in [-0.39, 0.29) is 31.0 Å². The second kappa shape index (κ2) is 16.8. The molecule has 10 atom stereocenters. The highest BCUT2D eigenvalue weighted by Crippen LogP contribution is 2.91. The van der Waals surface area contributed by atoms with Crippen molar-refractivity contribution in [2.75, 3.05) is 51.3 Å². The lowest BCUT2D eigenvalue weighted by atomic mass is 9.85. The quantitative estimate of drug-likeness (QED) is 0.130. The minimum absolute atomic E-state index is 0.0291. The number of anilines is 1. The Bertz CT molecular complexity index is 2330. The molecule has 2 bridgehead atoms. The molecule has 4 N–H and O–H groups in total. The van der Waals surface area contributed by atoms with Crippen molar-refractivity contribution in [1.82, 2.24) is 30.4 Å². The van der Waals surface area contributed by atoms with Crippen LogP contribution >= 0.6 is 22.9 Å². The largest absolute Gasteiger partial charge is 0.491 e. The predicted octanol–water partition coefficient (Wildman–Crippen LogP) is 6.06. The van der Waals surface area contributed by atoms with Crippen LogP contribution in [-0.2, 0) is 23.9 Å². The number of carbonyl (C=O) groups is 4. The monoisotopic (exact) mass is 921 g/mol. The number of fused-ring (bicyclic) bond motifs is 2. The van der Waals surface area contributed by atoms with E-state index in [9.17, 15) is 24.3 Å². The van der Waals surface area contributed by atoms with Crippen molar-refractivity contribution in [3.8, 4) is 22.9 Å². The first-order valence-corrected chi connectivity index (χ1v) is 24.0. The zero-order valence-corrected chi connectivity index (χ0v) is 39.1. The molecule has 0 spiro atoms. The van der Waals surface area contributed by atoms with E-state index in [2.05, 4.69) is 27.8 Å². The Morgan fingerprint density at radius 3 is 2.47 bits per heavy atom. The Hall–Kier alpha value is -4.45. The van der Waals surface area contributed by atoms with E-state index < -0.39 is 53.0 Å². The first kappa shape index (κ1) is 44.7. The summed E-state index contributed by atoms with van der Waals surface area (Å²) >= 11 is 8.56. The van der Waals surface area contributed by atoms with Crippen LogP contribution in [0.15, 0.2) is 23.6 Å². The first-order valence-electron chi connectivity index (χ1n) is 22.7. The van der Waals surface area contributed by atoms with Crippen molar-refractivity contribution in [3.05, 3.63) is 28.6 Å². The molecule has 346 valence electrons. The molecule has 5 aliphatic carbocycles. The van der Waals surface area contributed by atoms with Gasteiger partial charge < -0.3 is 44.9 Å². The summed E-state index contributed by atoms with van der Waals surface area (Å²) in [6, 6.07) is 3.39. The number of aromatic nitrogens is 2. The number of nitrogens with zero attached hydrogens (tertiary/aromatic N) is 4. The number of pyridine rings is 1. The number of rotatable bonds is 16. The molecule has 7 aliphatic rings. The summed E-state index contributed by atoms with van der Waals surface area (Å²) < 4.78 is 24.5. The van der Waals surface area contributed by atoms with E-state index in [1.807, 2.05) is 53.0 Å². The number of ether oxygens (including phenoxy) is 4. The van der Waals surface area contributed by atoms with Gasteiger partial charge in [0, 0.05) is 54.8 Å². The van der Waals surface area contributed by atoms with E-state index in [1.54, 1.807) is 12.1 Å². The SMILES string of the molecule is CCC1C[C@]1(NC(=O)[C@@H]1C[C@@H](Oc2cc(-c3csc(NC(C)C)n3)nc3c(Cl)c(OCCN4CCOCC4)ccc23)CN1C(=O)[C@@H](NC(=O)O[C@@H]1C[C@H]2[C@H]3C1[C@]32C)C(C)(C)C)C(=O)O. The van der Waals surface area contributed by atoms with E-state index in [4.69, 9.17) is 40.5 Å². The number of likely N-dealkylation sites (tertiary alicyclic amines) is 1. The zero-order chi connectivity index (χ0) is 45.5. The molecule has 3 amide bonds. The van der Waals surface area contributed by atoms with Gasteiger partial charge in [0.2, 0.25) is 11.8 Å². The maximum atomic E-state index is 14.9. The molecule has 2 aromatic heterocycles. The van der Waals surface area contributed by atoms with Gasteiger partial charge in [0.1, 0.15) is 58.7 Å². The van der Waals surface area contributed by atoms with Crippen molar-refractivity contribution >= 4 is 62.8 Å². The van der Waals surface area contributed by atoms with Gasteiger partial charge >= 0.3 is 12.1 Å². The van der Waals surface area contributed by atoms with Gasteiger partial charge in [-0.05, 0) is 67.4 Å². The van der Waals surface area contributed by atoms with Crippen LogP contribution in [0.1, 0.15) is 74.1 Å². The fourth-order valence-electron chi connectivity index (χ4n) is 10.8. The fourth-order valence-corrected chi connectivity index (χ4v) is 11.9. The lowest BCUT2D eigenvalue weighted by molar-refractivity contribution is -0.146. The number of nitrogens with one attached hydrogen (secondary N) is 3. The van der Waals surface area contributed by atoms with Crippen molar-refractivity contribution in [3.63, 3.8) is 0 Å². The van der Waals surface area contributed by atoms with E-state index in [0.29, 0.717) is 101 Å². The van der Waals surface area contributed by atoms with Gasteiger partial charge in [-0.15, -0.1) is 11.3 Å². The highest BCUT2D eigenvalue weighted by atomic mass is 35.5. The Morgan fingerprint density at radius 2 is 1.83 bits per heavy atom. The third kappa shape index (κ3) is 8.23. The molecule has 1 aromatic carbocycles. The molecular weight excluding hydrogens is 862 g/mol. The zero-order valence-electron chi connectivity index (χ0n) is 37.6. The molecule has 0 radical (unpaired) electrons. The number of carboxylic acid groups (broad SMARTS) is 1. The number of halogens is 1. The van der Waals surface area contributed by atoms with Crippen LogP contribution in [0.3, 0.4) is 0 Å².